The molecule has 0 fully saturated rings. The first-order chi connectivity index (χ1) is 20.8. The molecule has 204 valence electrons. The number of carbonyl (C=O) groups is 1. The molecule has 0 spiro atoms. The van der Waals surface area contributed by atoms with E-state index in [4.69, 9.17) is 4.74 Å². The molecule has 0 aliphatic carbocycles. The SMILES string of the molecule is O=CO[CH]([Ge]([c]1ccccc1)([c]1ccccc1)[c]1ccccc1)[Ge]([c]1ccccc1)([c]1ccccc1)[c]1ccccc1. The molecule has 6 rings (SSSR count). The monoisotopic (exact) mass is 668 g/mol. The Hall–Kier alpha value is -4.12. The summed E-state index contributed by atoms with van der Waals surface area (Å²) in [6.45, 7) is 0.717. The molecule has 0 saturated heterocycles. The zero-order valence-corrected chi connectivity index (χ0v) is 27.5. The molecule has 0 radical (unpaired) electrons. The maximum absolute atomic E-state index is 12.9. The second kappa shape index (κ2) is 12.8. The summed E-state index contributed by atoms with van der Waals surface area (Å²) in [6.07, 6.45) is 0. The second-order valence-corrected chi connectivity index (χ2v) is 29.2. The average molecular weight is 666 g/mol. The number of hydrogen-bond acceptors (Lipinski definition) is 2. The zero-order valence-electron chi connectivity index (χ0n) is 23.3. The first-order valence-corrected chi connectivity index (χ1v) is 23.0. The number of benzene rings is 6. The van der Waals surface area contributed by atoms with Gasteiger partial charge in [-0.25, -0.2) is 0 Å². The van der Waals surface area contributed by atoms with Crippen LogP contribution in [-0.4, -0.2) is 36.8 Å². The van der Waals surface area contributed by atoms with Crippen LogP contribution in [-0.2, 0) is 9.53 Å². The third-order valence-corrected chi connectivity index (χ3v) is 37.3. The predicted molar refractivity (Wildman–Crippen MR) is 179 cm³/mol. The van der Waals surface area contributed by atoms with Crippen molar-refractivity contribution in [1.29, 1.82) is 0 Å². The normalized spacial score (nSPS) is 11.6. The van der Waals surface area contributed by atoms with Gasteiger partial charge in [0.1, 0.15) is 0 Å². The molecular weight excluding hydrogens is 634 g/mol. The first-order valence-electron chi connectivity index (χ1n) is 14.2. The van der Waals surface area contributed by atoms with Crippen LogP contribution >= 0.6 is 0 Å². The molecule has 0 atom stereocenters. The van der Waals surface area contributed by atoms with Crippen LogP contribution in [0, 0.1) is 0 Å². The van der Waals surface area contributed by atoms with Gasteiger partial charge in [0, 0.05) is 0 Å². The van der Waals surface area contributed by atoms with Gasteiger partial charge in [0.25, 0.3) is 0 Å². The van der Waals surface area contributed by atoms with Crippen molar-refractivity contribution in [2.24, 2.45) is 0 Å². The Kier molecular flexibility index (Phi) is 8.54. The number of rotatable bonds is 10. The van der Waals surface area contributed by atoms with E-state index in [1.165, 1.54) is 26.4 Å². The van der Waals surface area contributed by atoms with E-state index in [1.54, 1.807) is 0 Å². The summed E-state index contributed by atoms with van der Waals surface area (Å²) < 4.78 is 14.0. The van der Waals surface area contributed by atoms with E-state index in [2.05, 4.69) is 182 Å². The number of ether oxygens (including phenoxy) is 1. The molecular formula is C38H32Ge2O2. The predicted octanol–water partition coefficient (Wildman–Crippen LogP) is 3.95. The summed E-state index contributed by atoms with van der Waals surface area (Å²) in [4.78, 5) is 12.9. The van der Waals surface area contributed by atoms with Gasteiger partial charge >= 0.3 is 255 Å². The third kappa shape index (κ3) is 4.85. The van der Waals surface area contributed by atoms with Crippen molar-refractivity contribution in [3.8, 4) is 0 Å². The van der Waals surface area contributed by atoms with Crippen molar-refractivity contribution in [3.05, 3.63) is 182 Å². The molecule has 0 N–H and O–H groups in total. The average Bonchev–Trinajstić information content (AvgIpc) is 3.08. The Balaban J connectivity index is 1.86. The molecule has 0 aromatic heterocycles. The van der Waals surface area contributed by atoms with Crippen LogP contribution in [0.3, 0.4) is 0 Å². The van der Waals surface area contributed by atoms with Crippen LogP contribution < -0.4 is 26.4 Å². The van der Waals surface area contributed by atoms with Gasteiger partial charge in [-0.05, 0) is 0 Å². The van der Waals surface area contributed by atoms with Crippen molar-refractivity contribution in [1.82, 2.24) is 0 Å². The van der Waals surface area contributed by atoms with Gasteiger partial charge in [0.05, 0.1) is 0 Å². The van der Waals surface area contributed by atoms with Crippen molar-refractivity contribution < 1.29 is 9.53 Å². The molecule has 0 aliphatic rings. The Morgan fingerprint density at radius 1 is 0.357 bits per heavy atom. The minimum absolute atomic E-state index is 0.373. The van der Waals surface area contributed by atoms with Gasteiger partial charge in [-0.15, -0.1) is 0 Å². The van der Waals surface area contributed by atoms with E-state index in [9.17, 15) is 4.79 Å². The molecule has 0 saturated carbocycles. The summed E-state index contributed by atoms with van der Waals surface area (Å²) >= 11 is -7.87. The molecule has 0 amide bonds. The standard InChI is InChI=1S/C38H32Ge2O2/c41-31-42-38(39(32-19-7-1-8-20-32,33-21-9-2-10-22-33)34-23-11-3-12-24-34)40(35-25-13-4-14-26-35,36-27-15-5-16-28-36)37-29-17-6-18-30-37/h1-31,38H. The van der Waals surface area contributed by atoms with Crippen LogP contribution in [0.25, 0.3) is 0 Å². The van der Waals surface area contributed by atoms with E-state index >= 15 is 0 Å². The fourth-order valence-corrected chi connectivity index (χ4v) is 44.2. The first kappa shape index (κ1) is 28.0. The topological polar surface area (TPSA) is 26.3 Å². The van der Waals surface area contributed by atoms with Crippen molar-refractivity contribution in [2.75, 3.05) is 0 Å². The third-order valence-electron chi connectivity index (χ3n) is 8.35. The fraction of sp³-hybridized carbons (Fsp3) is 0.0263. The molecule has 2 nitrogen and oxygen atoms in total. The van der Waals surface area contributed by atoms with Crippen molar-refractivity contribution in [3.63, 3.8) is 0 Å². The number of hydrogen-bond donors (Lipinski definition) is 0. The summed E-state index contributed by atoms with van der Waals surface area (Å²) in [5.41, 5.74) is 0. The molecule has 0 bridgehead atoms. The Bertz CT molecular complexity index is 1380. The fourth-order valence-electron chi connectivity index (χ4n) is 6.70. The quantitative estimate of drug-likeness (QED) is 0.164. The zero-order chi connectivity index (χ0) is 28.7. The van der Waals surface area contributed by atoms with Gasteiger partial charge in [-0.3, -0.25) is 0 Å². The van der Waals surface area contributed by atoms with E-state index < -0.39 is 26.5 Å². The van der Waals surface area contributed by atoms with Gasteiger partial charge < -0.3 is 0 Å². The van der Waals surface area contributed by atoms with Gasteiger partial charge in [-0.2, -0.15) is 0 Å². The molecule has 0 aliphatic heterocycles. The van der Waals surface area contributed by atoms with E-state index in [1.807, 2.05) is 0 Å². The number of carbonyl (C=O) groups excluding carboxylic acids is 1. The summed E-state index contributed by atoms with van der Waals surface area (Å²) in [5.74, 6) is 0. The summed E-state index contributed by atoms with van der Waals surface area (Å²) in [5, 5.41) is 0. The van der Waals surface area contributed by atoms with Crippen molar-refractivity contribution in [2.45, 2.75) is 3.77 Å². The second-order valence-electron chi connectivity index (χ2n) is 10.4. The van der Waals surface area contributed by atoms with E-state index in [-0.39, 0.29) is 3.77 Å². The molecule has 4 heteroatoms. The van der Waals surface area contributed by atoms with Crippen LogP contribution in [0.1, 0.15) is 0 Å². The Morgan fingerprint density at radius 2 is 0.548 bits per heavy atom. The Labute approximate surface area is 253 Å². The molecule has 0 heterocycles. The molecule has 6 aromatic rings. The minimum atomic E-state index is -3.93. The van der Waals surface area contributed by atoms with Crippen LogP contribution in [0.4, 0.5) is 0 Å². The Morgan fingerprint density at radius 3 is 0.714 bits per heavy atom. The molecule has 6 aromatic carbocycles. The molecule has 42 heavy (non-hydrogen) atoms. The van der Waals surface area contributed by atoms with Crippen LogP contribution in [0.15, 0.2) is 182 Å². The van der Waals surface area contributed by atoms with Gasteiger partial charge in [0.15, 0.2) is 0 Å². The molecule has 0 unspecified atom stereocenters. The van der Waals surface area contributed by atoms with Crippen LogP contribution in [0.2, 0.25) is 0 Å². The van der Waals surface area contributed by atoms with E-state index in [0.717, 1.165) is 0 Å². The van der Waals surface area contributed by atoms with Crippen molar-refractivity contribution >= 4 is 59.4 Å². The van der Waals surface area contributed by atoms with E-state index in [0.29, 0.717) is 6.47 Å². The van der Waals surface area contributed by atoms with Gasteiger partial charge in [-0.1, -0.05) is 0 Å². The summed E-state index contributed by atoms with van der Waals surface area (Å²) in [6, 6.07) is 65.1. The van der Waals surface area contributed by atoms with Gasteiger partial charge in [0.2, 0.25) is 0 Å². The van der Waals surface area contributed by atoms with Crippen LogP contribution in [0.5, 0.6) is 0 Å². The summed E-state index contributed by atoms with van der Waals surface area (Å²) in [7, 11) is 0. The maximum atomic E-state index is 12.9.